The van der Waals surface area contributed by atoms with Gasteiger partial charge in [0, 0.05) is 17.1 Å². The molecule has 0 fully saturated rings. The smallest absolute Gasteiger partial charge is 0.0210 e. The first-order chi connectivity index (χ1) is 7.25. The molecule has 80 valence electrons. The molecule has 0 spiro atoms. The van der Waals surface area contributed by atoms with Crippen molar-refractivity contribution < 1.29 is 0 Å². The Morgan fingerprint density at radius 1 is 1.33 bits per heavy atom. The van der Waals surface area contributed by atoms with E-state index in [-0.39, 0.29) is 0 Å². The van der Waals surface area contributed by atoms with Gasteiger partial charge in [-0.15, -0.1) is 0 Å². The fourth-order valence-electron chi connectivity index (χ4n) is 1.90. The molecule has 0 aromatic heterocycles. The average Bonchev–Trinajstić information content (AvgIpc) is 2.69. The minimum atomic E-state index is 0.646. The lowest BCUT2D eigenvalue weighted by atomic mass is 10.1. The summed E-state index contributed by atoms with van der Waals surface area (Å²) in [6.45, 7) is 3.14. The van der Waals surface area contributed by atoms with Crippen LogP contribution >= 0.6 is 15.9 Å². The fourth-order valence-corrected chi connectivity index (χ4v) is 2.37. The van der Waals surface area contributed by atoms with Gasteiger partial charge in [0.1, 0.15) is 0 Å². The van der Waals surface area contributed by atoms with E-state index in [1.807, 2.05) is 0 Å². The molecule has 0 atom stereocenters. The molecule has 1 aromatic rings. The van der Waals surface area contributed by atoms with Gasteiger partial charge in [-0.2, -0.15) is 0 Å². The number of benzene rings is 1. The first-order valence-corrected chi connectivity index (χ1v) is 6.18. The highest BCUT2D eigenvalue weighted by molar-refractivity contribution is 9.10. The topological polar surface area (TPSA) is 12.0 Å². The molecule has 1 nitrogen and oxygen atoms in total. The van der Waals surface area contributed by atoms with Crippen LogP contribution in [0.1, 0.15) is 24.0 Å². The van der Waals surface area contributed by atoms with Gasteiger partial charge in [0.25, 0.3) is 0 Å². The Balaban J connectivity index is 1.92. The summed E-state index contributed by atoms with van der Waals surface area (Å²) >= 11 is 3.48. The molecular formula is C13H16BrN. The minimum Gasteiger partial charge on any atom is -0.309 e. The second-order valence-electron chi connectivity index (χ2n) is 4.09. The summed E-state index contributed by atoms with van der Waals surface area (Å²) in [7, 11) is 0. The molecule has 2 heteroatoms. The van der Waals surface area contributed by atoms with E-state index >= 15 is 0 Å². The lowest BCUT2D eigenvalue weighted by molar-refractivity contribution is 0.537. The van der Waals surface area contributed by atoms with Crippen molar-refractivity contribution in [3.8, 4) is 0 Å². The van der Waals surface area contributed by atoms with Crippen LogP contribution in [0.5, 0.6) is 0 Å². The van der Waals surface area contributed by atoms with Crippen molar-refractivity contribution in [3.63, 3.8) is 0 Å². The summed E-state index contributed by atoms with van der Waals surface area (Å²) < 4.78 is 1.16. The molecule has 0 aliphatic heterocycles. The number of aryl methyl sites for hydroxylation is 1. The van der Waals surface area contributed by atoms with Gasteiger partial charge in [-0.25, -0.2) is 0 Å². The number of halogens is 1. The lowest BCUT2D eigenvalue weighted by Gasteiger charge is -2.13. The van der Waals surface area contributed by atoms with Crippen LogP contribution in [0.2, 0.25) is 0 Å². The molecule has 0 heterocycles. The maximum absolute atomic E-state index is 3.58. The van der Waals surface area contributed by atoms with Crippen LogP contribution in [0.4, 0.5) is 0 Å². The monoisotopic (exact) mass is 265 g/mol. The summed E-state index contributed by atoms with van der Waals surface area (Å²) in [4.78, 5) is 0. The van der Waals surface area contributed by atoms with Crippen LogP contribution in [0.15, 0.2) is 34.8 Å². The van der Waals surface area contributed by atoms with Crippen LogP contribution in [0.25, 0.3) is 0 Å². The summed E-state index contributed by atoms with van der Waals surface area (Å²) in [5.41, 5.74) is 2.74. The van der Waals surface area contributed by atoms with Crippen molar-refractivity contribution in [1.82, 2.24) is 5.32 Å². The molecule has 0 amide bonds. The maximum atomic E-state index is 3.58. The second-order valence-corrected chi connectivity index (χ2v) is 5.01. The zero-order valence-corrected chi connectivity index (χ0v) is 10.5. The average molecular weight is 266 g/mol. The van der Waals surface area contributed by atoms with Crippen LogP contribution in [-0.4, -0.2) is 6.04 Å². The minimum absolute atomic E-state index is 0.646. The predicted octanol–water partition coefficient (Wildman–Crippen LogP) is 3.57. The van der Waals surface area contributed by atoms with E-state index in [4.69, 9.17) is 0 Å². The van der Waals surface area contributed by atoms with Crippen LogP contribution in [-0.2, 0) is 6.54 Å². The van der Waals surface area contributed by atoms with E-state index in [9.17, 15) is 0 Å². The van der Waals surface area contributed by atoms with Crippen LogP contribution < -0.4 is 5.32 Å². The van der Waals surface area contributed by atoms with E-state index in [2.05, 4.69) is 58.5 Å². The Morgan fingerprint density at radius 3 is 2.73 bits per heavy atom. The summed E-state index contributed by atoms with van der Waals surface area (Å²) in [6.07, 6.45) is 6.86. The van der Waals surface area contributed by atoms with Gasteiger partial charge < -0.3 is 5.32 Å². The summed E-state index contributed by atoms with van der Waals surface area (Å²) in [5, 5.41) is 3.58. The van der Waals surface area contributed by atoms with E-state index in [0.29, 0.717) is 6.04 Å². The molecule has 0 saturated heterocycles. The number of nitrogens with one attached hydrogen (secondary N) is 1. The molecular weight excluding hydrogens is 250 g/mol. The summed E-state index contributed by atoms with van der Waals surface area (Å²) in [6, 6.07) is 7.11. The largest absolute Gasteiger partial charge is 0.309 e. The Hall–Kier alpha value is -0.600. The predicted molar refractivity (Wildman–Crippen MR) is 67.9 cm³/mol. The standard InChI is InChI=1S/C13H16BrN/c1-10-8-12(14)7-6-11(10)9-15-13-4-2-3-5-13/h2-3,6-8,13,15H,4-5,9H2,1H3. The normalized spacial score (nSPS) is 16.1. The maximum Gasteiger partial charge on any atom is 0.0210 e. The quantitative estimate of drug-likeness (QED) is 0.825. The molecule has 0 bridgehead atoms. The first kappa shape index (κ1) is 10.9. The second kappa shape index (κ2) is 4.95. The van der Waals surface area contributed by atoms with E-state index in [1.165, 1.54) is 24.0 Å². The number of hydrogen-bond donors (Lipinski definition) is 1. The molecule has 1 aromatic carbocycles. The highest BCUT2D eigenvalue weighted by Crippen LogP contribution is 2.17. The highest BCUT2D eigenvalue weighted by atomic mass is 79.9. The van der Waals surface area contributed by atoms with Crippen LogP contribution in [0.3, 0.4) is 0 Å². The van der Waals surface area contributed by atoms with E-state index < -0.39 is 0 Å². The third kappa shape index (κ3) is 2.93. The number of rotatable bonds is 3. The molecule has 15 heavy (non-hydrogen) atoms. The van der Waals surface area contributed by atoms with Gasteiger partial charge in [-0.3, -0.25) is 0 Å². The molecule has 0 saturated carbocycles. The van der Waals surface area contributed by atoms with Crippen molar-refractivity contribution in [1.29, 1.82) is 0 Å². The Labute approximate surface area is 99.7 Å². The Bertz CT molecular complexity index is 363. The van der Waals surface area contributed by atoms with Gasteiger partial charge in [-0.05, 0) is 43.0 Å². The van der Waals surface area contributed by atoms with E-state index in [0.717, 1.165) is 11.0 Å². The molecule has 0 radical (unpaired) electrons. The molecule has 1 aliphatic carbocycles. The zero-order chi connectivity index (χ0) is 10.7. The summed E-state index contributed by atoms with van der Waals surface area (Å²) in [5.74, 6) is 0. The molecule has 0 unspecified atom stereocenters. The molecule has 1 N–H and O–H groups in total. The van der Waals surface area contributed by atoms with Gasteiger partial charge in [-0.1, -0.05) is 34.1 Å². The van der Waals surface area contributed by atoms with Crippen LogP contribution in [0, 0.1) is 6.92 Å². The fraction of sp³-hybridized carbons (Fsp3) is 0.385. The van der Waals surface area contributed by atoms with Gasteiger partial charge in [0.15, 0.2) is 0 Å². The molecule has 1 aliphatic rings. The Morgan fingerprint density at radius 2 is 2.07 bits per heavy atom. The van der Waals surface area contributed by atoms with Gasteiger partial charge in [0.2, 0.25) is 0 Å². The third-order valence-corrected chi connectivity index (χ3v) is 3.39. The first-order valence-electron chi connectivity index (χ1n) is 5.39. The molecule has 2 rings (SSSR count). The van der Waals surface area contributed by atoms with Gasteiger partial charge in [0.05, 0.1) is 0 Å². The third-order valence-electron chi connectivity index (χ3n) is 2.89. The highest BCUT2D eigenvalue weighted by Gasteiger charge is 2.09. The van der Waals surface area contributed by atoms with E-state index in [1.54, 1.807) is 0 Å². The Kier molecular flexibility index (Phi) is 3.60. The van der Waals surface area contributed by atoms with Gasteiger partial charge >= 0.3 is 0 Å². The van der Waals surface area contributed by atoms with Crippen molar-refractivity contribution >= 4 is 15.9 Å². The van der Waals surface area contributed by atoms with Crippen molar-refractivity contribution in [2.75, 3.05) is 0 Å². The van der Waals surface area contributed by atoms with Crippen molar-refractivity contribution in [2.45, 2.75) is 32.4 Å². The SMILES string of the molecule is Cc1cc(Br)ccc1CNC1CC=CC1. The number of hydrogen-bond acceptors (Lipinski definition) is 1. The lowest BCUT2D eigenvalue weighted by Crippen LogP contribution is -2.25. The van der Waals surface area contributed by atoms with Crippen molar-refractivity contribution in [3.05, 3.63) is 46.0 Å². The van der Waals surface area contributed by atoms with Crippen molar-refractivity contribution in [2.24, 2.45) is 0 Å². The zero-order valence-electron chi connectivity index (χ0n) is 8.96.